The average Bonchev–Trinajstić information content (AvgIpc) is 2.47. The smallest absolute Gasteiger partial charge is 0.145 e. The topological polar surface area (TPSA) is 45.9 Å². The van der Waals surface area contributed by atoms with Crippen molar-refractivity contribution in [2.75, 3.05) is 0 Å². The van der Waals surface area contributed by atoms with Gasteiger partial charge < -0.3 is 4.74 Å². The van der Waals surface area contributed by atoms with Crippen molar-refractivity contribution in [2.45, 2.75) is 6.92 Å². The van der Waals surface area contributed by atoms with Gasteiger partial charge in [-0.2, -0.15) is 5.26 Å². The molecular weight excluding hydrogens is 248 g/mol. The maximum Gasteiger partial charge on any atom is 0.145 e. The van der Waals surface area contributed by atoms with Crippen molar-refractivity contribution in [1.29, 1.82) is 5.26 Å². The number of hydrogen-bond donors (Lipinski definition) is 0. The van der Waals surface area contributed by atoms with Gasteiger partial charge in [-0.15, -0.1) is 0 Å². The molecule has 0 fully saturated rings. The standard InChI is InChI=1S/C17H12N2O/c1-12-4-5-14(11-18)17(9-12)20-15-7-6-13-3-2-8-19-16(13)10-15/h2-10H,1H3. The lowest BCUT2D eigenvalue weighted by Crippen LogP contribution is -1.90. The number of rotatable bonds is 2. The molecule has 1 heterocycles. The molecule has 0 radical (unpaired) electrons. The Labute approximate surface area is 117 Å². The molecular formula is C17H12N2O. The van der Waals surface area contributed by atoms with Crippen molar-refractivity contribution in [3.05, 3.63) is 65.9 Å². The van der Waals surface area contributed by atoms with Crippen LogP contribution in [0.4, 0.5) is 0 Å². The molecule has 0 unspecified atom stereocenters. The third kappa shape index (κ3) is 2.32. The third-order valence-corrected chi connectivity index (χ3v) is 3.06. The van der Waals surface area contributed by atoms with Gasteiger partial charge in [-0.3, -0.25) is 4.98 Å². The van der Waals surface area contributed by atoms with Crippen molar-refractivity contribution in [2.24, 2.45) is 0 Å². The van der Waals surface area contributed by atoms with Gasteiger partial charge in [-0.05, 0) is 42.8 Å². The van der Waals surface area contributed by atoms with E-state index in [1.54, 1.807) is 12.3 Å². The van der Waals surface area contributed by atoms with E-state index < -0.39 is 0 Å². The van der Waals surface area contributed by atoms with Crippen LogP contribution in [-0.2, 0) is 0 Å². The number of aryl methyl sites for hydroxylation is 1. The highest BCUT2D eigenvalue weighted by Gasteiger charge is 2.06. The number of nitrogens with zero attached hydrogens (tertiary/aromatic N) is 2. The summed E-state index contributed by atoms with van der Waals surface area (Å²) in [7, 11) is 0. The van der Waals surface area contributed by atoms with Crippen molar-refractivity contribution in [1.82, 2.24) is 4.98 Å². The lowest BCUT2D eigenvalue weighted by atomic mass is 10.1. The van der Waals surface area contributed by atoms with Gasteiger partial charge >= 0.3 is 0 Å². The molecule has 0 bridgehead atoms. The molecule has 0 atom stereocenters. The molecule has 0 saturated heterocycles. The Kier molecular flexibility index (Phi) is 3.06. The van der Waals surface area contributed by atoms with Crippen LogP contribution in [0.5, 0.6) is 11.5 Å². The van der Waals surface area contributed by atoms with Crippen molar-refractivity contribution < 1.29 is 4.74 Å². The van der Waals surface area contributed by atoms with Crippen LogP contribution >= 0.6 is 0 Å². The zero-order valence-electron chi connectivity index (χ0n) is 11.0. The van der Waals surface area contributed by atoms with Gasteiger partial charge in [0.1, 0.15) is 17.6 Å². The van der Waals surface area contributed by atoms with Gasteiger partial charge in [0.05, 0.1) is 11.1 Å². The minimum atomic E-state index is 0.525. The van der Waals surface area contributed by atoms with E-state index in [1.807, 2.05) is 49.4 Å². The van der Waals surface area contributed by atoms with Crippen LogP contribution in [0.25, 0.3) is 10.9 Å². The molecule has 3 aromatic rings. The molecule has 20 heavy (non-hydrogen) atoms. The summed E-state index contributed by atoms with van der Waals surface area (Å²) in [6.07, 6.45) is 1.75. The Morgan fingerprint density at radius 3 is 2.85 bits per heavy atom. The van der Waals surface area contributed by atoms with E-state index in [0.29, 0.717) is 17.1 Å². The molecule has 96 valence electrons. The number of pyridine rings is 1. The summed E-state index contributed by atoms with van der Waals surface area (Å²) < 4.78 is 5.83. The second kappa shape index (κ2) is 5.02. The quantitative estimate of drug-likeness (QED) is 0.693. The van der Waals surface area contributed by atoms with Crippen molar-refractivity contribution in [3.8, 4) is 17.6 Å². The molecule has 0 aliphatic carbocycles. The first-order chi connectivity index (χ1) is 9.76. The number of fused-ring (bicyclic) bond motifs is 1. The Balaban J connectivity index is 2.01. The lowest BCUT2D eigenvalue weighted by molar-refractivity contribution is 0.481. The van der Waals surface area contributed by atoms with E-state index in [4.69, 9.17) is 10.00 Å². The SMILES string of the molecule is Cc1ccc(C#N)c(Oc2ccc3cccnc3c2)c1. The van der Waals surface area contributed by atoms with Crippen LogP contribution < -0.4 is 4.74 Å². The molecule has 0 spiro atoms. The molecule has 0 amide bonds. The van der Waals surface area contributed by atoms with E-state index >= 15 is 0 Å². The lowest BCUT2D eigenvalue weighted by Gasteiger charge is -2.09. The minimum absolute atomic E-state index is 0.525. The van der Waals surface area contributed by atoms with Gasteiger partial charge in [0.2, 0.25) is 0 Å². The van der Waals surface area contributed by atoms with Gasteiger partial charge in [-0.1, -0.05) is 12.1 Å². The molecule has 1 aromatic heterocycles. The highest BCUT2D eigenvalue weighted by molar-refractivity contribution is 5.79. The Morgan fingerprint density at radius 2 is 2.00 bits per heavy atom. The molecule has 3 rings (SSSR count). The summed E-state index contributed by atoms with van der Waals surface area (Å²) >= 11 is 0. The first-order valence-electron chi connectivity index (χ1n) is 6.30. The second-order valence-electron chi connectivity index (χ2n) is 4.57. The summed E-state index contributed by atoms with van der Waals surface area (Å²) in [5, 5.41) is 10.2. The highest BCUT2D eigenvalue weighted by Crippen LogP contribution is 2.28. The molecule has 0 aliphatic rings. The van der Waals surface area contributed by atoms with Gasteiger partial charge in [0.25, 0.3) is 0 Å². The summed E-state index contributed by atoms with van der Waals surface area (Å²) in [6.45, 7) is 1.97. The molecule has 2 aromatic carbocycles. The zero-order valence-corrected chi connectivity index (χ0v) is 11.0. The summed E-state index contributed by atoms with van der Waals surface area (Å²) in [6, 6.07) is 17.3. The predicted molar refractivity (Wildman–Crippen MR) is 77.7 cm³/mol. The highest BCUT2D eigenvalue weighted by atomic mass is 16.5. The van der Waals surface area contributed by atoms with Crippen molar-refractivity contribution in [3.63, 3.8) is 0 Å². The van der Waals surface area contributed by atoms with Crippen LogP contribution in [0.2, 0.25) is 0 Å². The van der Waals surface area contributed by atoms with E-state index in [9.17, 15) is 0 Å². The monoisotopic (exact) mass is 260 g/mol. The molecule has 3 heteroatoms. The Hall–Kier alpha value is -2.86. The fourth-order valence-corrected chi connectivity index (χ4v) is 2.04. The number of nitriles is 1. The summed E-state index contributed by atoms with van der Waals surface area (Å²) in [5.74, 6) is 1.25. The number of ether oxygens (including phenoxy) is 1. The minimum Gasteiger partial charge on any atom is -0.456 e. The van der Waals surface area contributed by atoms with Crippen LogP contribution in [0, 0.1) is 18.3 Å². The zero-order chi connectivity index (χ0) is 13.9. The van der Waals surface area contributed by atoms with Crippen LogP contribution in [0.3, 0.4) is 0 Å². The second-order valence-corrected chi connectivity index (χ2v) is 4.57. The van der Waals surface area contributed by atoms with E-state index in [1.165, 1.54) is 0 Å². The summed E-state index contributed by atoms with van der Waals surface area (Å²) in [5.41, 5.74) is 2.45. The van der Waals surface area contributed by atoms with Gasteiger partial charge in [0.15, 0.2) is 0 Å². The van der Waals surface area contributed by atoms with Crippen LogP contribution in [0.1, 0.15) is 11.1 Å². The van der Waals surface area contributed by atoms with Crippen LogP contribution in [0.15, 0.2) is 54.7 Å². The van der Waals surface area contributed by atoms with Gasteiger partial charge in [-0.25, -0.2) is 0 Å². The fraction of sp³-hybridized carbons (Fsp3) is 0.0588. The third-order valence-electron chi connectivity index (χ3n) is 3.06. The first-order valence-corrected chi connectivity index (χ1v) is 6.30. The maximum absolute atomic E-state index is 9.12. The van der Waals surface area contributed by atoms with E-state index in [-0.39, 0.29) is 0 Å². The number of hydrogen-bond acceptors (Lipinski definition) is 3. The molecule has 3 nitrogen and oxygen atoms in total. The van der Waals surface area contributed by atoms with E-state index in [0.717, 1.165) is 16.5 Å². The normalized spacial score (nSPS) is 10.2. The van der Waals surface area contributed by atoms with Crippen LogP contribution in [-0.4, -0.2) is 4.98 Å². The predicted octanol–water partition coefficient (Wildman–Crippen LogP) is 4.21. The number of aromatic nitrogens is 1. The number of benzene rings is 2. The van der Waals surface area contributed by atoms with Gasteiger partial charge in [0, 0.05) is 17.6 Å². The molecule has 0 saturated carbocycles. The van der Waals surface area contributed by atoms with E-state index in [2.05, 4.69) is 11.1 Å². The Morgan fingerprint density at radius 1 is 1.10 bits per heavy atom. The Bertz CT molecular complexity index is 819. The maximum atomic E-state index is 9.12. The largest absolute Gasteiger partial charge is 0.456 e. The van der Waals surface area contributed by atoms with Crippen molar-refractivity contribution >= 4 is 10.9 Å². The fourth-order valence-electron chi connectivity index (χ4n) is 2.04. The first kappa shape index (κ1) is 12.2. The molecule has 0 aliphatic heterocycles. The summed E-state index contributed by atoms with van der Waals surface area (Å²) in [4.78, 5) is 4.30. The molecule has 0 N–H and O–H groups in total. The average molecular weight is 260 g/mol.